The van der Waals surface area contributed by atoms with Crippen LogP contribution in [-0.2, 0) is 0 Å². The molecule has 0 unspecified atom stereocenters. The number of halogens is 2. The van der Waals surface area contributed by atoms with E-state index < -0.39 is 11.9 Å². The first-order chi connectivity index (χ1) is 14.4. The summed E-state index contributed by atoms with van der Waals surface area (Å²) in [5, 5.41) is 15.5. The van der Waals surface area contributed by atoms with E-state index in [0.29, 0.717) is 23.1 Å². The first-order valence-corrected chi connectivity index (χ1v) is 10.5. The first kappa shape index (κ1) is 25.1. The first-order valence-electron chi connectivity index (χ1n) is 8.72. The Morgan fingerprint density at radius 2 is 1.87 bits per heavy atom. The fraction of sp³-hybridized carbons (Fsp3) is 0.0952. The molecule has 0 spiro atoms. The monoisotopic (exact) mass is 468 g/mol. The van der Waals surface area contributed by atoms with Gasteiger partial charge in [0.1, 0.15) is 5.75 Å². The zero-order valence-corrected chi connectivity index (χ0v) is 18.8. The Bertz CT molecular complexity index is 1070. The number of hydrogen-bond acceptors (Lipinski definition) is 6. The maximum absolute atomic E-state index is 12.5. The zero-order chi connectivity index (χ0) is 21.5. The Kier molecular flexibility index (Phi) is 9.75. The van der Waals surface area contributed by atoms with Crippen molar-refractivity contribution in [3.05, 3.63) is 82.0 Å². The number of thioether (sulfide) groups is 1. The third-order valence-electron chi connectivity index (χ3n) is 3.87. The molecule has 0 atom stereocenters. The van der Waals surface area contributed by atoms with Gasteiger partial charge >= 0.3 is 18.9 Å². The van der Waals surface area contributed by atoms with E-state index in [-0.39, 0.29) is 40.7 Å². The number of aromatic nitrogens is 1. The summed E-state index contributed by atoms with van der Waals surface area (Å²) >= 11 is 13.4. The summed E-state index contributed by atoms with van der Waals surface area (Å²) in [5.41, 5.74) is 0.0294. The van der Waals surface area contributed by atoms with E-state index >= 15 is 0 Å². The summed E-state index contributed by atoms with van der Waals surface area (Å²) in [7, 11) is 0. The van der Waals surface area contributed by atoms with Gasteiger partial charge in [-0.1, -0.05) is 29.3 Å². The Morgan fingerprint density at radius 3 is 2.55 bits per heavy atom. The summed E-state index contributed by atoms with van der Waals surface area (Å²) in [5.74, 6) is -1.04. The molecule has 0 aliphatic rings. The molecule has 0 aliphatic carbocycles. The Labute approximate surface area is 205 Å². The third kappa shape index (κ3) is 7.20. The molecule has 2 aromatic carbocycles. The second kappa shape index (κ2) is 12.0. The number of rotatable bonds is 8. The van der Waals surface area contributed by atoms with Gasteiger partial charge in [0.25, 0.3) is 5.91 Å². The molecule has 3 aromatic rings. The van der Waals surface area contributed by atoms with Gasteiger partial charge in [-0.15, -0.1) is 11.8 Å². The van der Waals surface area contributed by atoms with Gasteiger partial charge in [0.2, 0.25) is 0 Å². The van der Waals surface area contributed by atoms with Gasteiger partial charge in [-0.3, -0.25) is 4.79 Å². The van der Waals surface area contributed by atoms with Gasteiger partial charge in [0, 0.05) is 22.5 Å². The normalized spacial score (nSPS) is 10.1. The van der Waals surface area contributed by atoms with Crippen molar-refractivity contribution in [2.75, 3.05) is 17.7 Å². The summed E-state index contributed by atoms with van der Waals surface area (Å²) < 4.78 is 5.61. The molecular weight excluding hydrogens is 454 g/mol. The van der Waals surface area contributed by atoms with Crippen molar-refractivity contribution in [3.8, 4) is 5.75 Å². The van der Waals surface area contributed by atoms with Gasteiger partial charge in [-0.25, -0.2) is 4.98 Å². The van der Waals surface area contributed by atoms with Crippen LogP contribution in [0.5, 0.6) is 5.75 Å². The number of anilines is 1. The van der Waals surface area contributed by atoms with Crippen LogP contribution in [-0.4, -0.2) is 29.2 Å². The minimum atomic E-state index is -1.44. The number of pyridine rings is 1. The molecule has 1 heterocycles. The molecular formula is C21H15Cl2LiN2O4S. The van der Waals surface area contributed by atoms with Gasteiger partial charge in [-0.05, 0) is 48.5 Å². The summed E-state index contributed by atoms with van der Waals surface area (Å²) in [6.45, 7) is 0.347. The Balaban J connectivity index is 0.00000341. The van der Waals surface area contributed by atoms with E-state index in [1.165, 1.54) is 42.1 Å². The van der Waals surface area contributed by atoms with Gasteiger partial charge < -0.3 is 20.0 Å². The van der Waals surface area contributed by atoms with Crippen LogP contribution in [0.2, 0.25) is 10.0 Å². The fourth-order valence-electron chi connectivity index (χ4n) is 2.49. The standard InChI is InChI=1S/C21H16Cl2N2O4S.Li/c22-13-4-6-15(17(23)11-13)20(26)25-18-7-5-14(12-16(18)21(27)28)29-9-10-30-19-3-1-2-8-24-19;/h1-8,11-12H,9-10H2,(H,25,26)(H,27,28);/q;+1/p-1. The van der Waals surface area contributed by atoms with Crippen molar-refractivity contribution in [1.29, 1.82) is 0 Å². The molecule has 0 radical (unpaired) electrons. The quantitative estimate of drug-likeness (QED) is 0.303. The molecule has 0 saturated carbocycles. The Hall–Kier alpha value is -2.14. The average Bonchev–Trinajstić information content (AvgIpc) is 2.72. The molecule has 6 nitrogen and oxygen atoms in total. The van der Waals surface area contributed by atoms with Crippen LogP contribution in [0.15, 0.2) is 65.8 Å². The number of ether oxygens (including phenoxy) is 1. The number of amides is 1. The number of aromatic carboxylic acids is 1. The third-order valence-corrected chi connectivity index (χ3v) is 5.33. The summed E-state index contributed by atoms with van der Waals surface area (Å²) in [4.78, 5) is 28.2. The Morgan fingerprint density at radius 1 is 1.06 bits per heavy atom. The predicted molar refractivity (Wildman–Crippen MR) is 116 cm³/mol. The van der Waals surface area contributed by atoms with E-state index in [2.05, 4.69) is 10.3 Å². The van der Waals surface area contributed by atoms with E-state index in [1.807, 2.05) is 18.2 Å². The van der Waals surface area contributed by atoms with Crippen molar-refractivity contribution in [2.24, 2.45) is 0 Å². The predicted octanol–water partition coefficient (Wildman–Crippen LogP) is 1.18. The summed E-state index contributed by atoms with van der Waals surface area (Å²) in [6.07, 6.45) is 1.71. The van der Waals surface area contributed by atoms with E-state index in [1.54, 1.807) is 12.3 Å². The minimum absolute atomic E-state index is 0. The van der Waals surface area contributed by atoms with Crippen molar-refractivity contribution in [3.63, 3.8) is 0 Å². The fourth-order valence-corrected chi connectivity index (χ4v) is 3.67. The minimum Gasteiger partial charge on any atom is -0.545 e. The van der Waals surface area contributed by atoms with Crippen LogP contribution < -0.4 is 34.0 Å². The molecule has 10 heteroatoms. The molecule has 0 aliphatic heterocycles. The van der Waals surface area contributed by atoms with Crippen LogP contribution in [0, 0.1) is 0 Å². The number of hydrogen-bond donors (Lipinski definition) is 1. The zero-order valence-electron chi connectivity index (χ0n) is 16.4. The van der Waals surface area contributed by atoms with Crippen LogP contribution in [0.3, 0.4) is 0 Å². The van der Waals surface area contributed by atoms with Crippen LogP contribution in [0.4, 0.5) is 5.69 Å². The number of carboxylic acids is 1. The van der Waals surface area contributed by atoms with E-state index in [9.17, 15) is 14.7 Å². The maximum Gasteiger partial charge on any atom is 1.00 e. The summed E-state index contributed by atoms with van der Waals surface area (Å²) in [6, 6.07) is 14.3. The van der Waals surface area contributed by atoms with Crippen LogP contribution in [0.1, 0.15) is 20.7 Å². The van der Waals surface area contributed by atoms with Crippen LogP contribution >= 0.6 is 35.0 Å². The molecule has 1 aromatic heterocycles. The molecule has 1 amide bonds. The number of benzene rings is 2. The molecule has 0 saturated heterocycles. The van der Waals surface area contributed by atoms with Gasteiger partial charge in [-0.2, -0.15) is 0 Å². The molecule has 0 fully saturated rings. The molecule has 0 bridgehead atoms. The van der Waals surface area contributed by atoms with Gasteiger partial charge in [0.05, 0.1) is 33.9 Å². The average molecular weight is 469 g/mol. The van der Waals surface area contributed by atoms with Gasteiger partial charge in [0.15, 0.2) is 0 Å². The topological polar surface area (TPSA) is 91.3 Å². The SMILES string of the molecule is O=C(Nc1ccc(OCCSc2ccccn2)cc1C(=O)[O-])c1ccc(Cl)cc1Cl.[Li+]. The smallest absolute Gasteiger partial charge is 0.545 e. The molecule has 1 N–H and O–H groups in total. The molecule has 154 valence electrons. The number of nitrogens with zero attached hydrogens (tertiary/aromatic N) is 1. The van der Waals surface area contributed by atoms with Crippen molar-refractivity contribution in [1.82, 2.24) is 4.98 Å². The van der Waals surface area contributed by atoms with Crippen molar-refractivity contribution < 1.29 is 38.3 Å². The van der Waals surface area contributed by atoms with Crippen LogP contribution in [0.25, 0.3) is 0 Å². The van der Waals surface area contributed by atoms with E-state index in [4.69, 9.17) is 27.9 Å². The second-order valence-corrected chi connectivity index (χ2v) is 7.90. The molecule has 31 heavy (non-hydrogen) atoms. The maximum atomic E-state index is 12.5. The van der Waals surface area contributed by atoms with Crippen molar-refractivity contribution in [2.45, 2.75) is 5.03 Å². The largest absolute Gasteiger partial charge is 1.00 e. The second-order valence-electron chi connectivity index (χ2n) is 5.94. The van der Waals surface area contributed by atoms with Crippen molar-refractivity contribution >= 4 is 52.5 Å². The number of carbonyl (C=O) groups excluding carboxylic acids is 2. The number of nitrogens with one attached hydrogen (secondary N) is 1. The molecule has 3 rings (SSSR count). The van der Waals surface area contributed by atoms with E-state index in [0.717, 1.165) is 5.03 Å². The number of carbonyl (C=O) groups is 2. The number of carboxylic acid groups (broad SMARTS) is 1.